The number of hydrogen-bond donors (Lipinski definition) is 0. The van der Waals surface area contributed by atoms with Gasteiger partial charge in [0.2, 0.25) is 5.91 Å². The van der Waals surface area contributed by atoms with Gasteiger partial charge in [0.1, 0.15) is 5.92 Å². The molecule has 96 valence electrons. The molecule has 1 aliphatic heterocycles. The number of rotatable bonds is 3. The second-order valence-corrected chi connectivity index (χ2v) is 5.38. The Morgan fingerprint density at radius 2 is 2.29 bits per heavy atom. The molecule has 0 aliphatic carbocycles. The monoisotopic (exact) mass is 238 g/mol. The summed E-state index contributed by atoms with van der Waals surface area (Å²) in [4.78, 5) is 14.0. The van der Waals surface area contributed by atoms with Crippen molar-refractivity contribution in [2.75, 3.05) is 13.1 Å². The van der Waals surface area contributed by atoms with Crippen LogP contribution in [0.25, 0.3) is 0 Å². The fourth-order valence-corrected chi connectivity index (χ4v) is 2.37. The number of amides is 1. The van der Waals surface area contributed by atoms with Crippen LogP contribution in [-0.2, 0) is 9.53 Å². The number of ether oxygens (including phenoxy) is 1. The topological polar surface area (TPSA) is 53.3 Å². The molecule has 0 spiro atoms. The molecule has 1 heterocycles. The van der Waals surface area contributed by atoms with Crippen LogP contribution in [0.2, 0.25) is 0 Å². The van der Waals surface area contributed by atoms with E-state index in [1.165, 1.54) is 0 Å². The zero-order valence-corrected chi connectivity index (χ0v) is 11.2. The van der Waals surface area contributed by atoms with Gasteiger partial charge >= 0.3 is 0 Å². The third-order valence-corrected chi connectivity index (χ3v) is 2.91. The first-order valence-corrected chi connectivity index (χ1v) is 6.26. The normalized spacial score (nSPS) is 25.1. The van der Waals surface area contributed by atoms with Crippen molar-refractivity contribution in [3.8, 4) is 6.07 Å². The first-order valence-electron chi connectivity index (χ1n) is 6.26. The van der Waals surface area contributed by atoms with E-state index < -0.39 is 5.92 Å². The molecule has 0 aromatic heterocycles. The van der Waals surface area contributed by atoms with Gasteiger partial charge in [0.25, 0.3) is 0 Å². The highest BCUT2D eigenvalue weighted by molar-refractivity contribution is 5.81. The molecule has 4 nitrogen and oxygen atoms in total. The number of morpholine rings is 1. The zero-order chi connectivity index (χ0) is 13.1. The molecular formula is C13H22N2O2. The molecule has 1 rings (SSSR count). The zero-order valence-electron chi connectivity index (χ0n) is 11.2. The van der Waals surface area contributed by atoms with Crippen LogP contribution in [0.4, 0.5) is 0 Å². The molecule has 1 fully saturated rings. The fourth-order valence-electron chi connectivity index (χ4n) is 2.37. The third-order valence-electron chi connectivity index (χ3n) is 2.91. The van der Waals surface area contributed by atoms with Crippen molar-refractivity contribution < 1.29 is 9.53 Å². The van der Waals surface area contributed by atoms with Crippen LogP contribution < -0.4 is 0 Å². The minimum atomic E-state index is -0.499. The van der Waals surface area contributed by atoms with Crippen LogP contribution in [0.5, 0.6) is 0 Å². The van der Waals surface area contributed by atoms with E-state index in [9.17, 15) is 4.79 Å². The second kappa shape index (κ2) is 5.50. The van der Waals surface area contributed by atoms with Crippen LogP contribution in [0.1, 0.15) is 40.5 Å². The van der Waals surface area contributed by atoms with Crippen molar-refractivity contribution in [2.45, 2.75) is 52.2 Å². The van der Waals surface area contributed by atoms with Gasteiger partial charge in [0.05, 0.1) is 17.8 Å². The Labute approximate surface area is 104 Å². The molecule has 4 heteroatoms. The molecule has 1 aliphatic rings. The Kier molecular flexibility index (Phi) is 4.53. The van der Waals surface area contributed by atoms with Crippen LogP contribution >= 0.6 is 0 Å². The highest BCUT2D eigenvalue weighted by Crippen LogP contribution is 2.23. The number of carbonyl (C=O) groups is 1. The van der Waals surface area contributed by atoms with E-state index in [-0.39, 0.29) is 17.6 Å². The van der Waals surface area contributed by atoms with E-state index in [1.54, 1.807) is 4.90 Å². The standard InChI is InChI=1S/C13H22N2O2/c1-5-6-11(7-14)12(16)15-8-10(2)17-13(3,4)9-15/h10-11H,5-6,8-9H2,1-4H3. The van der Waals surface area contributed by atoms with Gasteiger partial charge in [0.15, 0.2) is 0 Å². The molecule has 2 atom stereocenters. The molecule has 0 N–H and O–H groups in total. The van der Waals surface area contributed by atoms with E-state index in [0.717, 1.165) is 6.42 Å². The van der Waals surface area contributed by atoms with Gasteiger partial charge in [-0.15, -0.1) is 0 Å². The van der Waals surface area contributed by atoms with Gasteiger partial charge in [0, 0.05) is 13.1 Å². The van der Waals surface area contributed by atoms with E-state index in [4.69, 9.17) is 10.00 Å². The number of nitriles is 1. The summed E-state index contributed by atoms with van der Waals surface area (Å²) >= 11 is 0. The molecule has 0 aromatic carbocycles. The molecule has 1 saturated heterocycles. The van der Waals surface area contributed by atoms with Crippen molar-refractivity contribution >= 4 is 5.91 Å². The largest absolute Gasteiger partial charge is 0.369 e. The minimum Gasteiger partial charge on any atom is -0.369 e. The van der Waals surface area contributed by atoms with E-state index >= 15 is 0 Å². The summed E-state index contributed by atoms with van der Waals surface area (Å²) in [7, 11) is 0. The lowest BCUT2D eigenvalue weighted by Crippen LogP contribution is -2.55. The maximum Gasteiger partial charge on any atom is 0.240 e. The van der Waals surface area contributed by atoms with Crippen LogP contribution in [-0.4, -0.2) is 35.6 Å². The fraction of sp³-hybridized carbons (Fsp3) is 0.846. The van der Waals surface area contributed by atoms with Crippen molar-refractivity contribution in [1.82, 2.24) is 4.90 Å². The molecular weight excluding hydrogens is 216 g/mol. The van der Waals surface area contributed by atoms with Crippen molar-refractivity contribution in [3.05, 3.63) is 0 Å². The molecule has 0 saturated carbocycles. The lowest BCUT2D eigenvalue weighted by molar-refractivity contribution is -0.160. The number of nitrogens with zero attached hydrogens (tertiary/aromatic N) is 2. The molecule has 0 radical (unpaired) electrons. The summed E-state index contributed by atoms with van der Waals surface area (Å²) in [5.41, 5.74) is -0.320. The molecule has 2 unspecified atom stereocenters. The van der Waals surface area contributed by atoms with Crippen LogP contribution in [0.3, 0.4) is 0 Å². The van der Waals surface area contributed by atoms with Crippen molar-refractivity contribution in [3.63, 3.8) is 0 Å². The van der Waals surface area contributed by atoms with Gasteiger partial charge in [-0.25, -0.2) is 0 Å². The highest BCUT2D eigenvalue weighted by atomic mass is 16.5. The predicted octanol–water partition coefficient (Wildman–Crippen LogP) is 1.95. The molecule has 0 aromatic rings. The Morgan fingerprint density at radius 3 is 2.76 bits per heavy atom. The SMILES string of the molecule is CCCC(C#N)C(=O)N1CC(C)OC(C)(C)C1. The summed E-state index contributed by atoms with van der Waals surface area (Å²) < 4.78 is 5.75. The lowest BCUT2D eigenvalue weighted by Gasteiger charge is -2.42. The molecule has 1 amide bonds. The Morgan fingerprint density at radius 1 is 1.65 bits per heavy atom. The third kappa shape index (κ3) is 3.71. The number of carbonyl (C=O) groups excluding carboxylic acids is 1. The first kappa shape index (κ1) is 14.0. The highest BCUT2D eigenvalue weighted by Gasteiger charge is 2.35. The summed E-state index contributed by atoms with van der Waals surface area (Å²) in [6.07, 6.45) is 1.53. The number of hydrogen-bond acceptors (Lipinski definition) is 3. The summed E-state index contributed by atoms with van der Waals surface area (Å²) in [5.74, 6) is -0.543. The summed E-state index contributed by atoms with van der Waals surface area (Å²) in [6, 6.07) is 2.11. The van der Waals surface area contributed by atoms with Crippen molar-refractivity contribution in [1.29, 1.82) is 5.26 Å². The predicted molar refractivity (Wildman–Crippen MR) is 65.2 cm³/mol. The average molecular weight is 238 g/mol. The Bertz CT molecular complexity index is 320. The first-order chi connectivity index (χ1) is 7.89. The maximum atomic E-state index is 12.2. The molecule has 0 bridgehead atoms. The smallest absolute Gasteiger partial charge is 0.240 e. The summed E-state index contributed by atoms with van der Waals surface area (Å²) in [6.45, 7) is 9.06. The quantitative estimate of drug-likeness (QED) is 0.755. The van der Waals surface area contributed by atoms with E-state index in [0.29, 0.717) is 19.5 Å². The summed E-state index contributed by atoms with van der Waals surface area (Å²) in [5, 5.41) is 9.03. The van der Waals surface area contributed by atoms with Gasteiger partial charge < -0.3 is 9.64 Å². The van der Waals surface area contributed by atoms with Gasteiger partial charge in [-0.3, -0.25) is 4.79 Å². The van der Waals surface area contributed by atoms with Crippen LogP contribution in [0, 0.1) is 17.2 Å². The second-order valence-electron chi connectivity index (χ2n) is 5.38. The Balaban J connectivity index is 2.72. The lowest BCUT2D eigenvalue weighted by atomic mass is 10.00. The van der Waals surface area contributed by atoms with Gasteiger partial charge in [-0.05, 0) is 27.2 Å². The van der Waals surface area contributed by atoms with Crippen molar-refractivity contribution in [2.24, 2.45) is 5.92 Å². The maximum absolute atomic E-state index is 12.2. The van der Waals surface area contributed by atoms with Crippen LogP contribution in [0.15, 0.2) is 0 Å². The van der Waals surface area contributed by atoms with E-state index in [1.807, 2.05) is 27.7 Å². The molecule has 17 heavy (non-hydrogen) atoms. The Hall–Kier alpha value is -1.08. The minimum absolute atomic E-state index is 0.0312. The van der Waals surface area contributed by atoms with Gasteiger partial charge in [-0.1, -0.05) is 13.3 Å². The van der Waals surface area contributed by atoms with E-state index in [2.05, 4.69) is 6.07 Å². The average Bonchev–Trinajstić information content (AvgIpc) is 2.22. The van der Waals surface area contributed by atoms with Gasteiger partial charge in [-0.2, -0.15) is 5.26 Å².